The molecule has 4 heteroatoms. The van der Waals surface area contributed by atoms with Gasteiger partial charge in [-0.3, -0.25) is 9.63 Å². The molecule has 1 atom stereocenters. The summed E-state index contributed by atoms with van der Waals surface area (Å²) < 4.78 is 0. The van der Waals surface area contributed by atoms with Crippen LogP contribution in [0, 0.1) is 0 Å². The van der Waals surface area contributed by atoms with E-state index in [9.17, 15) is 4.79 Å². The third-order valence-corrected chi connectivity index (χ3v) is 0.805. The minimum absolute atomic E-state index is 0.0974. The average molecular weight is 147 g/mol. The Labute approximate surface area is 60.3 Å². The first kappa shape index (κ1) is 9.39. The Hall–Kier alpha value is -0.610. The number of hydrogen-bond acceptors (Lipinski definition) is 3. The van der Waals surface area contributed by atoms with Crippen LogP contribution in [0.2, 0.25) is 0 Å². The van der Waals surface area contributed by atoms with E-state index in [-0.39, 0.29) is 6.10 Å². The molecule has 1 unspecified atom stereocenters. The Morgan fingerprint density at radius 3 is 2.10 bits per heavy atom. The maximum Gasteiger partial charge on any atom is 0.235 e. The van der Waals surface area contributed by atoms with Crippen molar-refractivity contribution in [3.8, 4) is 0 Å². The largest absolute Gasteiger partial charge is 0.372 e. The SMILES string of the molecule is CC(C)ON(C=O)C(C)O. The van der Waals surface area contributed by atoms with E-state index in [4.69, 9.17) is 9.94 Å². The van der Waals surface area contributed by atoms with Crippen LogP contribution < -0.4 is 0 Å². The number of amides is 1. The summed E-state index contributed by atoms with van der Waals surface area (Å²) in [6, 6.07) is 0. The average Bonchev–Trinajstić information content (AvgIpc) is 1.81. The molecule has 0 aromatic heterocycles. The highest BCUT2D eigenvalue weighted by Gasteiger charge is 2.09. The molecular weight excluding hydrogens is 134 g/mol. The normalized spacial score (nSPS) is 13.3. The number of nitrogens with zero attached hydrogens (tertiary/aromatic N) is 1. The van der Waals surface area contributed by atoms with E-state index < -0.39 is 6.23 Å². The van der Waals surface area contributed by atoms with Gasteiger partial charge in [0.1, 0.15) is 0 Å². The molecule has 0 saturated carbocycles. The van der Waals surface area contributed by atoms with E-state index >= 15 is 0 Å². The van der Waals surface area contributed by atoms with Gasteiger partial charge in [0.05, 0.1) is 6.10 Å². The molecule has 1 N–H and O–H groups in total. The first-order valence-corrected chi connectivity index (χ1v) is 3.16. The summed E-state index contributed by atoms with van der Waals surface area (Å²) in [5.74, 6) is 0. The van der Waals surface area contributed by atoms with E-state index in [1.165, 1.54) is 6.92 Å². The highest BCUT2D eigenvalue weighted by molar-refractivity contribution is 5.45. The molecule has 0 rings (SSSR count). The van der Waals surface area contributed by atoms with Crippen molar-refractivity contribution in [3.63, 3.8) is 0 Å². The molecule has 0 radical (unpaired) electrons. The Kier molecular flexibility index (Phi) is 3.99. The van der Waals surface area contributed by atoms with Gasteiger partial charge in [-0.1, -0.05) is 0 Å². The lowest BCUT2D eigenvalue weighted by Crippen LogP contribution is -2.33. The van der Waals surface area contributed by atoms with Crippen LogP contribution in [0.25, 0.3) is 0 Å². The molecular formula is C6H13NO3. The maximum atomic E-state index is 10.1. The van der Waals surface area contributed by atoms with Crippen molar-refractivity contribution in [1.82, 2.24) is 5.06 Å². The van der Waals surface area contributed by atoms with Crippen molar-refractivity contribution in [1.29, 1.82) is 0 Å². The van der Waals surface area contributed by atoms with Crippen LogP contribution >= 0.6 is 0 Å². The van der Waals surface area contributed by atoms with Crippen molar-refractivity contribution in [3.05, 3.63) is 0 Å². The molecule has 4 nitrogen and oxygen atoms in total. The summed E-state index contributed by atoms with van der Waals surface area (Å²) in [6.07, 6.45) is -0.537. The topological polar surface area (TPSA) is 49.8 Å². The summed E-state index contributed by atoms with van der Waals surface area (Å²) in [5, 5.41) is 9.70. The summed E-state index contributed by atoms with van der Waals surface area (Å²) >= 11 is 0. The second-order valence-electron chi connectivity index (χ2n) is 2.25. The quantitative estimate of drug-likeness (QED) is 0.349. The van der Waals surface area contributed by atoms with Crippen molar-refractivity contribution in [2.75, 3.05) is 0 Å². The predicted octanol–water partition coefficient (Wildman–Crippen LogP) is 0.123. The molecule has 0 bridgehead atoms. The number of carbonyl (C=O) groups is 1. The van der Waals surface area contributed by atoms with Gasteiger partial charge >= 0.3 is 0 Å². The second kappa shape index (κ2) is 4.24. The van der Waals surface area contributed by atoms with Crippen LogP contribution in [-0.2, 0) is 9.63 Å². The Morgan fingerprint density at radius 2 is 2.00 bits per heavy atom. The molecule has 0 aliphatic heterocycles. The van der Waals surface area contributed by atoms with Crippen LogP contribution in [-0.4, -0.2) is 28.9 Å². The van der Waals surface area contributed by atoms with Gasteiger partial charge in [0, 0.05) is 0 Å². The fourth-order valence-electron chi connectivity index (χ4n) is 0.444. The number of carbonyl (C=O) groups excluding carboxylic acids is 1. The molecule has 0 aliphatic carbocycles. The van der Waals surface area contributed by atoms with Crippen LogP contribution in [0.4, 0.5) is 0 Å². The van der Waals surface area contributed by atoms with E-state index in [0.717, 1.165) is 5.06 Å². The van der Waals surface area contributed by atoms with Gasteiger partial charge in [-0.05, 0) is 20.8 Å². The zero-order valence-corrected chi connectivity index (χ0v) is 6.44. The third kappa shape index (κ3) is 3.42. The lowest BCUT2D eigenvalue weighted by molar-refractivity contribution is -0.233. The molecule has 60 valence electrons. The van der Waals surface area contributed by atoms with Gasteiger partial charge in [0.25, 0.3) is 0 Å². The van der Waals surface area contributed by atoms with E-state index in [0.29, 0.717) is 6.41 Å². The zero-order chi connectivity index (χ0) is 8.15. The fraction of sp³-hybridized carbons (Fsp3) is 0.833. The first-order valence-electron chi connectivity index (χ1n) is 3.16. The maximum absolute atomic E-state index is 10.1. The van der Waals surface area contributed by atoms with Crippen molar-refractivity contribution >= 4 is 6.41 Å². The molecule has 0 spiro atoms. The predicted molar refractivity (Wildman–Crippen MR) is 35.8 cm³/mol. The number of hydrogen-bond donors (Lipinski definition) is 1. The minimum atomic E-state index is -0.889. The van der Waals surface area contributed by atoms with Gasteiger partial charge in [0.2, 0.25) is 6.41 Å². The molecule has 1 amide bonds. The van der Waals surface area contributed by atoms with Gasteiger partial charge in [-0.2, -0.15) is 5.06 Å². The van der Waals surface area contributed by atoms with Crippen molar-refractivity contribution in [2.45, 2.75) is 33.1 Å². The van der Waals surface area contributed by atoms with Crippen LogP contribution in [0.15, 0.2) is 0 Å². The smallest absolute Gasteiger partial charge is 0.235 e. The van der Waals surface area contributed by atoms with Gasteiger partial charge in [-0.25, -0.2) is 0 Å². The van der Waals surface area contributed by atoms with Gasteiger partial charge < -0.3 is 5.11 Å². The molecule has 0 fully saturated rings. The number of rotatable bonds is 4. The summed E-state index contributed by atoms with van der Waals surface area (Å²) in [4.78, 5) is 15.0. The lowest BCUT2D eigenvalue weighted by atomic mass is 10.5. The Balaban J connectivity index is 3.71. The van der Waals surface area contributed by atoms with Crippen LogP contribution in [0.1, 0.15) is 20.8 Å². The van der Waals surface area contributed by atoms with Gasteiger partial charge in [-0.15, -0.1) is 0 Å². The monoisotopic (exact) mass is 147 g/mol. The highest BCUT2D eigenvalue weighted by Crippen LogP contribution is 1.96. The Bertz CT molecular complexity index is 103. The molecule has 0 saturated heterocycles. The number of aliphatic hydroxyl groups excluding tert-OH is 1. The molecule has 0 aromatic carbocycles. The second-order valence-corrected chi connectivity index (χ2v) is 2.25. The highest BCUT2D eigenvalue weighted by atomic mass is 16.7. The van der Waals surface area contributed by atoms with Crippen molar-refractivity contribution in [2.24, 2.45) is 0 Å². The van der Waals surface area contributed by atoms with E-state index in [1.54, 1.807) is 13.8 Å². The van der Waals surface area contributed by atoms with Gasteiger partial charge in [0.15, 0.2) is 6.23 Å². The number of hydroxylamine groups is 2. The lowest BCUT2D eigenvalue weighted by Gasteiger charge is -2.21. The third-order valence-electron chi connectivity index (χ3n) is 0.805. The zero-order valence-electron chi connectivity index (χ0n) is 6.44. The fourth-order valence-corrected chi connectivity index (χ4v) is 0.444. The standard InChI is InChI=1S/C6H13NO3/c1-5(2)10-7(4-8)6(3)9/h4-6,9H,1-3H3. The van der Waals surface area contributed by atoms with Crippen LogP contribution in [0.3, 0.4) is 0 Å². The van der Waals surface area contributed by atoms with E-state index in [2.05, 4.69) is 0 Å². The minimum Gasteiger partial charge on any atom is -0.372 e. The first-order chi connectivity index (χ1) is 4.57. The summed E-state index contributed by atoms with van der Waals surface area (Å²) in [7, 11) is 0. The van der Waals surface area contributed by atoms with Crippen LogP contribution in [0.5, 0.6) is 0 Å². The van der Waals surface area contributed by atoms with Crippen molar-refractivity contribution < 1.29 is 14.7 Å². The number of aliphatic hydroxyl groups is 1. The molecule has 0 heterocycles. The molecule has 0 aliphatic rings. The van der Waals surface area contributed by atoms with E-state index in [1.807, 2.05) is 0 Å². The summed E-state index contributed by atoms with van der Waals surface area (Å²) in [5.41, 5.74) is 0. The molecule has 0 aromatic rings. The Morgan fingerprint density at radius 1 is 1.50 bits per heavy atom. The molecule has 10 heavy (non-hydrogen) atoms. The summed E-state index contributed by atoms with van der Waals surface area (Å²) in [6.45, 7) is 5.01.